The third kappa shape index (κ3) is 2.73. The number of fused-ring (bicyclic) bond motifs is 1. The number of ether oxygens (including phenoxy) is 1. The van der Waals surface area contributed by atoms with Crippen LogP contribution < -0.4 is 4.74 Å². The van der Waals surface area contributed by atoms with Crippen molar-refractivity contribution in [3.05, 3.63) is 29.3 Å². The number of piperidine rings is 1. The molecule has 1 N–H and O–H groups in total. The molecule has 0 amide bonds. The van der Waals surface area contributed by atoms with E-state index in [2.05, 4.69) is 24.8 Å². The highest BCUT2D eigenvalue weighted by atomic mass is 16.5. The van der Waals surface area contributed by atoms with Gasteiger partial charge in [-0.25, -0.2) is 0 Å². The highest BCUT2D eigenvalue weighted by Gasteiger charge is 2.47. The lowest BCUT2D eigenvalue weighted by Gasteiger charge is -2.50. The van der Waals surface area contributed by atoms with E-state index in [1.54, 1.807) is 6.07 Å². The minimum atomic E-state index is -0.647. The van der Waals surface area contributed by atoms with E-state index < -0.39 is 11.7 Å². The fourth-order valence-electron chi connectivity index (χ4n) is 3.96. The van der Waals surface area contributed by atoms with Gasteiger partial charge in [0, 0.05) is 11.6 Å². The van der Waals surface area contributed by atoms with Gasteiger partial charge in [-0.3, -0.25) is 4.90 Å². The normalized spacial score (nSPS) is 33.4. The zero-order chi connectivity index (χ0) is 16.8. The Bertz CT molecular complexity index is 635. The summed E-state index contributed by atoms with van der Waals surface area (Å²) < 4.78 is 6.03. The summed E-state index contributed by atoms with van der Waals surface area (Å²) in [7, 11) is 0. The Morgan fingerprint density at radius 3 is 2.78 bits per heavy atom. The molecule has 23 heavy (non-hydrogen) atoms. The van der Waals surface area contributed by atoms with Crippen LogP contribution >= 0.6 is 0 Å². The number of benzene rings is 1. The Balaban J connectivity index is 2.08. The number of likely N-dealkylation sites (tertiary alicyclic amines) is 1. The quantitative estimate of drug-likeness (QED) is 0.864. The first-order valence-electron chi connectivity index (χ1n) is 8.52. The molecular formula is C19H26N2O2. The second kappa shape index (κ2) is 5.81. The Kier molecular flexibility index (Phi) is 4.12. The molecule has 0 aliphatic carbocycles. The Morgan fingerprint density at radius 2 is 2.09 bits per heavy atom. The summed E-state index contributed by atoms with van der Waals surface area (Å²) in [6, 6.07) is 8.00. The van der Waals surface area contributed by atoms with Crippen LogP contribution in [0, 0.1) is 17.2 Å². The van der Waals surface area contributed by atoms with E-state index in [0.29, 0.717) is 17.5 Å². The maximum absolute atomic E-state index is 11.0. The molecule has 4 nitrogen and oxygen atoms in total. The first-order valence-corrected chi connectivity index (χ1v) is 8.52. The molecule has 124 valence electrons. The second-order valence-electron chi connectivity index (χ2n) is 7.56. The molecule has 2 aliphatic heterocycles. The van der Waals surface area contributed by atoms with Gasteiger partial charge in [-0.2, -0.15) is 5.26 Å². The van der Waals surface area contributed by atoms with Crippen LogP contribution in [0.3, 0.4) is 0 Å². The van der Waals surface area contributed by atoms with Gasteiger partial charge >= 0.3 is 0 Å². The topological polar surface area (TPSA) is 56.5 Å². The van der Waals surface area contributed by atoms with Crippen LogP contribution in [0.25, 0.3) is 0 Å². The number of aliphatic hydroxyl groups excluding tert-OH is 1. The lowest BCUT2D eigenvalue weighted by Crippen LogP contribution is -2.57. The number of nitrogens with zero attached hydrogens (tertiary/aromatic N) is 2. The minimum absolute atomic E-state index is 0.125. The van der Waals surface area contributed by atoms with Crippen molar-refractivity contribution in [1.29, 1.82) is 5.26 Å². The van der Waals surface area contributed by atoms with Gasteiger partial charge in [0.25, 0.3) is 0 Å². The molecule has 3 rings (SSSR count). The highest BCUT2D eigenvalue weighted by molar-refractivity contribution is 5.46. The van der Waals surface area contributed by atoms with Crippen molar-refractivity contribution < 1.29 is 9.84 Å². The number of rotatable bonds is 1. The van der Waals surface area contributed by atoms with Crippen LogP contribution in [-0.2, 0) is 0 Å². The fraction of sp³-hybridized carbons (Fsp3) is 0.632. The maximum Gasteiger partial charge on any atom is 0.131 e. The lowest BCUT2D eigenvalue weighted by molar-refractivity contribution is -0.109. The molecule has 0 spiro atoms. The average Bonchev–Trinajstić information content (AvgIpc) is 2.51. The third-order valence-corrected chi connectivity index (χ3v) is 5.62. The molecule has 2 heterocycles. The Labute approximate surface area is 138 Å². The van der Waals surface area contributed by atoms with Crippen molar-refractivity contribution in [2.24, 2.45) is 5.92 Å². The number of nitriles is 1. The monoisotopic (exact) mass is 314 g/mol. The molecule has 4 heteroatoms. The average molecular weight is 314 g/mol. The van der Waals surface area contributed by atoms with Crippen LogP contribution in [0.1, 0.15) is 57.7 Å². The van der Waals surface area contributed by atoms with E-state index >= 15 is 0 Å². The molecule has 0 saturated carbocycles. The van der Waals surface area contributed by atoms with E-state index in [4.69, 9.17) is 4.74 Å². The largest absolute Gasteiger partial charge is 0.485 e. The molecule has 1 aromatic carbocycles. The van der Waals surface area contributed by atoms with Crippen LogP contribution in [0.4, 0.5) is 0 Å². The number of hydrogen-bond acceptors (Lipinski definition) is 4. The van der Waals surface area contributed by atoms with E-state index in [0.717, 1.165) is 24.3 Å². The van der Waals surface area contributed by atoms with Crippen LogP contribution in [0.5, 0.6) is 5.75 Å². The zero-order valence-corrected chi connectivity index (χ0v) is 14.4. The van der Waals surface area contributed by atoms with Gasteiger partial charge in [0.2, 0.25) is 0 Å². The Hall–Kier alpha value is -1.57. The predicted molar refractivity (Wildman–Crippen MR) is 89.2 cm³/mol. The van der Waals surface area contributed by atoms with Gasteiger partial charge < -0.3 is 9.84 Å². The molecule has 1 saturated heterocycles. The lowest BCUT2D eigenvalue weighted by atomic mass is 9.81. The van der Waals surface area contributed by atoms with Crippen molar-refractivity contribution >= 4 is 0 Å². The van der Waals surface area contributed by atoms with Crippen LogP contribution in [0.15, 0.2) is 18.2 Å². The van der Waals surface area contributed by atoms with E-state index in [1.165, 1.54) is 6.42 Å². The summed E-state index contributed by atoms with van der Waals surface area (Å²) >= 11 is 0. The summed E-state index contributed by atoms with van der Waals surface area (Å²) in [5, 5.41) is 20.2. The van der Waals surface area contributed by atoms with Crippen molar-refractivity contribution in [2.75, 3.05) is 6.54 Å². The summed E-state index contributed by atoms with van der Waals surface area (Å²) in [6.07, 6.45) is 1.74. The molecule has 0 aromatic heterocycles. The van der Waals surface area contributed by atoms with Crippen molar-refractivity contribution in [2.45, 2.75) is 64.3 Å². The highest BCUT2D eigenvalue weighted by Crippen LogP contribution is 2.45. The van der Waals surface area contributed by atoms with Crippen molar-refractivity contribution in [1.82, 2.24) is 4.90 Å². The van der Waals surface area contributed by atoms with Gasteiger partial charge in [-0.15, -0.1) is 0 Å². The zero-order valence-electron chi connectivity index (χ0n) is 14.4. The predicted octanol–water partition coefficient (Wildman–Crippen LogP) is 3.25. The molecule has 2 unspecified atom stereocenters. The maximum atomic E-state index is 11.0. The number of hydrogen-bond donors (Lipinski definition) is 1. The van der Waals surface area contributed by atoms with Gasteiger partial charge in [-0.1, -0.05) is 6.92 Å². The standard InChI is InChI=1S/C19H26N2O2/c1-12-6-5-9-21(13(12)2)17-15-10-14(11-20)7-8-16(15)23-19(3,4)18(17)22/h7-8,10,12-13,17-18,22H,5-6,9H2,1-4H3/t12?,13?,17-,18+/m1/s1. The van der Waals surface area contributed by atoms with Crippen LogP contribution in [-0.4, -0.2) is 34.3 Å². The van der Waals surface area contributed by atoms with Gasteiger partial charge in [0.1, 0.15) is 17.5 Å². The fourth-order valence-corrected chi connectivity index (χ4v) is 3.96. The third-order valence-electron chi connectivity index (χ3n) is 5.62. The summed E-state index contributed by atoms with van der Waals surface area (Å²) in [4.78, 5) is 2.41. The molecule has 0 bridgehead atoms. The Morgan fingerprint density at radius 1 is 1.35 bits per heavy atom. The van der Waals surface area contributed by atoms with E-state index in [1.807, 2.05) is 26.0 Å². The van der Waals surface area contributed by atoms with Crippen molar-refractivity contribution in [3.63, 3.8) is 0 Å². The summed E-state index contributed by atoms with van der Waals surface area (Å²) in [5.41, 5.74) is 0.908. The summed E-state index contributed by atoms with van der Waals surface area (Å²) in [6.45, 7) is 9.36. The summed E-state index contributed by atoms with van der Waals surface area (Å²) in [5.74, 6) is 1.39. The van der Waals surface area contributed by atoms with E-state index in [9.17, 15) is 10.4 Å². The van der Waals surface area contributed by atoms with Gasteiger partial charge in [0.15, 0.2) is 0 Å². The van der Waals surface area contributed by atoms with Gasteiger partial charge in [-0.05, 0) is 64.3 Å². The van der Waals surface area contributed by atoms with Crippen LogP contribution in [0.2, 0.25) is 0 Å². The number of aliphatic hydroxyl groups is 1. The molecule has 2 aliphatic rings. The van der Waals surface area contributed by atoms with E-state index in [-0.39, 0.29) is 6.04 Å². The SMILES string of the molecule is CC1CCCN([C@@H]2c3cc(C#N)ccc3OC(C)(C)[C@H]2O)C1C. The molecular weight excluding hydrogens is 288 g/mol. The molecule has 0 radical (unpaired) electrons. The van der Waals surface area contributed by atoms with Crippen molar-refractivity contribution in [3.8, 4) is 11.8 Å². The first kappa shape index (κ1) is 16.3. The molecule has 1 aromatic rings. The minimum Gasteiger partial charge on any atom is -0.485 e. The molecule has 4 atom stereocenters. The second-order valence-corrected chi connectivity index (χ2v) is 7.56. The molecule has 1 fully saturated rings. The van der Waals surface area contributed by atoms with Gasteiger partial charge in [0.05, 0.1) is 17.7 Å². The smallest absolute Gasteiger partial charge is 0.131 e. The first-order chi connectivity index (χ1) is 10.8.